The number of rotatable bonds is 4. The third kappa shape index (κ3) is 3.88. The fourth-order valence-electron chi connectivity index (χ4n) is 2.23. The molecule has 1 N–H and O–H groups in total. The minimum Gasteiger partial charge on any atom is -0.378 e. The molecule has 0 fully saturated rings. The number of alkyl halides is 3. The number of nitrogens with one attached hydrogen (secondary N) is 1. The van der Waals surface area contributed by atoms with Crippen LogP contribution in [-0.4, -0.2) is 25.0 Å². The molecule has 0 aliphatic carbocycles. The van der Waals surface area contributed by atoms with Crippen LogP contribution >= 0.6 is 22.7 Å². The van der Waals surface area contributed by atoms with Crippen LogP contribution in [0.25, 0.3) is 9.88 Å². The molecule has 9 heteroatoms. The van der Waals surface area contributed by atoms with Gasteiger partial charge in [-0.2, -0.15) is 13.2 Å². The molecule has 3 rings (SSSR count). The summed E-state index contributed by atoms with van der Waals surface area (Å²) in [6.07, 6.45) is -4.58. The van der Waals surface area contributed by atoms with Crippen LogP contribution in [-0.2, 0) is 6.18 Å². The molecule has 0 atom stereocenters. The third-order valence-electron chi connectivity index (χ3n) is 3.54. The monoisotopic (exact) mass is 397 g/mol. The van der Waals surface area contributed by atoms with Crippen LogP contribution in [0, 0.1) is 0 Å². The van der Waals surface area contributed by atoms with Crippen molar-refractivity contribution in [3.63, 3.8) is 0 Å². The second-order valence-electron chi connectivity index (χ2n) is 5.59. The molecule has 136 valence electrons. The van der Waals surface area contributed by atoms with Crippen LogP contribution in [0.5, 0.6) is 0 Å². The smallest absolute Gasteiger partial charge is 0.378 e. The van der Waals surface area contributed by atoms with Crippen LogP contribution in [0.2, 0.25) is 0 Å². The average molecular weight is 397 g/mol. The standard InChI is InChI=1S/C17H14F3N3OS2/c1-23(2)10-5-6-12(11(8-10)17(18,19)20)21-15(24)13-9-26-16(22-13)14-4-3-7-25-14/h3-9H,1-2H3,(H,21,24). The summed E-state index contributed by atoms with van der Waals surface area (Å²) < 4.78 is 40.1. The Morgan fingerprint density at radius 3 is 2.58 bits per heavy atom. The SMILES string of the molecule is CN(C)c1ccc(NC(=O)c2csc(-c3cccs3)n2)c(C(F)(F)F)c1. The molecule has 0 bridgehead atoms. The van der Waals surface area contributed by atoms with Gasteiger partial charge in [0.05, 0.1) is 16.1 Å². The fourth-order valence-corrected chi connectivity index (χ4v) is 3.85. The van der Waals surface area contributed by atoms with Gasteiger partial charge in [-0.1, -0.05) is 6.07 Å². The zero-order chi connectivity index (χ0) is 18.9. The summed E-state index contributed by atoms with van der Waals surface area (Å²) in [7, 11) is 3.30. The highest BCUT2D eigenvalue weighted by atomic mass is 32.1. The highest BCUT2D eigenvalue weighted by Gasteiger charge is 2.34. The van der Waals surface area contributed by atoms with E-state index < -0.39 is 17.6 Å². The van der Waals surface area contributed by atoms with E-state index >= 15 is 0 Å². The average Bonchev–Trinajstić information content (AvgIpc) is 3.25. The predicted molar refractivity (Wildman–Crippen MR) is 99.2 cm³/mol. The molecule has 0 aliphatic heterocycles. The number of carbonyl (C=O) groups excluding carboxylic acids is 1. The van der Waals surface area contributed by atoms with E-state index in [1.54, 1.807) is 19.0 Å². The lowest BCUT2D eigenvalue weighted by Crippen LogP contribution is -2.18. The van der Waals surface area contributed by atoms with E-state index in [9.17, 15) is 18.0 Å². The summed E-state index contributed by atoms with van der Waals surface area (Å²) in [6.45, 7) is 0. The van der Waals surface area contributed by atoms with Crippen LogP contribution in [0.15, 0.2) is 41.1 Å². The number of aromatic nitrogens is 1. The number of anilines is 2. The summed E-state index contributed by atoms with van der Waals surface area (Å²) in [5, 5.41) is 6.41. The van der Waals surface area contributed by atoms with Crippen LogP contribution in [0.3, 0.4) is 0 Å². The van der Waals surface area contributed by atoms with Gasteiger partial charge in [0.1, 0.15) is 10.7 Å². The van der Waals surface area contributed by atoms with E-state index in [0.29, 0.717) is 10.7 Å². The van der Waals surface area contributed by atoms with E-state index in [2.05, 4.69) is 10.3 Å². The molecule has 26 heavy (non-hydrogen) atoms. The zero-order valence-electron chi connectivity index (χ0n) is 13.8. The van der Waals surface area contributed by atoms with Gasteiger partial charge in [-0.15, -0.1) is 22.7 Å². The van der Waals surface area contributed by atoms with E-state index in [1.165, 1.54) is 40.2 Å². The van der Waals surface area contributed by atoms with Crippen molar-refractivity contribution >= 4 is 40.0 Å². The van der Waals surface area contributed by atoms with Crippen molar-refractivity contribution in [1.29, 1.82) is 0 Å². The lowest BCUT2D eigenvalue weighted by Gasteiger charge is -2.18. The molecular formula is C17H14F3N3OS2. The quantitative estimate of drug-likeness (QED) is 0.657. The molecule has 3 aromatic rings. The first kappa shape index (κ1) is 18.4. The third-order valence-corrected chi connectivity index (χ3v) is 5.42. The van der Waals surface area contributed by atoms with Gasteiger partial charge in [0.15, 0.2) is 0 Å². The van der Waals surface area contributed by atoms with Crippen LogP contribution in [0.4, 0.5) is 24.5 Å². The minimum absolute atomic E-state index is 0.0863. The Morgan fingerprint density at radius 1 is 1.19 bits per heavy atom. The summed E-state index contributed by atoms with van der Waals surface area (Å²) in [5.41, 5.74) is -0.711. The molecule has 0 saturated carbocycles. The Hall–Kier alpha value is -2.39. The number of amides is 1. The Morgan fingerprint density at radius 2 is 1.96 bits per heavy atom. The Kier molecular flexibility index (Phi) is 5.01. The molecule has 0 radical (unpaired) electrons. The van der Waals surface area contributed by atoms with Crippen LogP contribution < -0.4 is 10.2 Å². The number of hydrogen-bond acceptors (Lipinski definition) is 5. The first-order valence-corrected chi connectivity index (χ1v) is 9.21. The van der Waals surface area contributed by atoms with Crippen molar-refractivity contribution in [2.75, 3.05) is 24.3 Å². The molecule has 2 aromatic heterocycles. The largest absolute Gasteiger partial charge is 0.418 e. The maximum Gasteiger partial charge on any atom is 0.418 e. The molecule has 0 aliphatic rings. The van der Waals surface area contributed by atoms with Gasteiger partial charge in [0.25, 0.3) is 5.91 Å². The Balaban J connectivity index is 1.87. The van der Waals surface area contributed by atoms with Crippen LogP contribution in [0.1, 0.15) is 16.1 Å². The van der Waals surface area contributed by atoms with E-state index in [-0.39, 0.29) is 11.4 Å². The van der Waals surface area contributed by atoms with Gasteiger partial charge in [-0.3, -0.25) is 4.79 Å². The maximum absolute atomic E-state index is 13.4. The normalized spacial score (nSPS) is 11.4. The molecule has 0 saturated heterocycles. The maximum atomic E-state index is 13.4. The molecule has 0 spiro atoms. The van der Waals surface area contributed by atoms with Crippen molar-refractivity contribution in [3.05, 3.63) is 52.3 Å². The second-order valence-corrected chi connectivity index (χ2v) is 7.40. The summed E-state index contributed by atoms with van der Waals surface area (Å²) in [6, 6.07) is 7.51. The molecule has 2 heterocycles. The van der Waals surface area contributed by atoms with Gasteiger partial charge >= 0.3 is 6.18 Å². The van der Waals surface area contributed by atoms with Gasteiger partial charge in [0, 0.05) is 25.2 Å². The van der Waals surface area contributed by atoms with E-state index in [0.717, 1.165) is 10.9 Å². The van der Waals surface area contributed by atoms with Gasteiger partial charge in [-0.25, -0.2) is 4.98 Å². The van der Waals surface area contributed by atoms with Gasteiger partial charge in [-0.05, 0) is 29.6 Å². The molecule has 4 nitrogen and oxygen atoms in total. The summed E-state index contributed by atoms with van der Waals surface area (Å²) in [4.78, 5) is 19.0. The number of hydrogen-bond donors (Lipinski definition) is 1. The lowest BCUT2D eigenvalue weighted by molar-refractivity contribution is -0.136. The number of carbonyl (C=O) groups is 1. The topological polar surface area (TPSA) is 45.2 Å². The first-order valence-electron chi connectivity index (χ1n) is 7.45. The molecule has 1 amide bonds. The van der Waals surface area contributed by atoms with Gasteiger partial charge in [0.2, 0.25) is 0 Å². The van der Waals surface area contributed by atoms with Crippen molar-refractivity contribution < 1.29 is 18.0 Å². The van der Waals surface area contributed by atoms with Crippen molar-refractivity contribution in [2.45, 2.75) is 6.18 Å². The van der Waals surface area contributed by atoms with Crippen molar-refractivity contribution in [3.8, 4) is 9.88 Å². The van der Waals surface area contributed by atoms with E-state index in [1.807, 2.05) is 17.5 Å². The highest BCUT2D eigenvalue weighted by Crippen LogP contribution is 2.37. The van der Waals surface area contributed by atoms with Gasteiger partial charge < -0.3 is 10.2 Å². The highest BCUT2D eigenvalue weighted by molar-refractivity contribution is 7.20. The van der Waals surface area contributed by atoms with Crippen molar-refractivity contribution in [1.82, 2.24) is 4.98 Å². The lowest BCUT2D eigenvalue weighted by atomic mass is 10.1. The zero-order valence-corrected chi connectivity index (χ0v) is 15.4. The number of thiazole rings is 1. The number of benzene rings is 1. The van der Waals surface area contributed by atoms with Crippen molar-refractivity contribution in [2.24, 2.45) is 0 Å². The second kappa shape index (κ2) is 7.08. The Labute approximate surface area is 155 Å². The predicted octanol–water partition coefficient (Wildman–Crippen LogP) is 5.21. The number of thiophene rings is 1. The fraction of sp³-hybridized carbons (Fsp3) is 0.176. The number of halogens is 3. The molecular weight excluding hydrogens is 383 g/mol. The first-order chi connectivity index (χ1) is 12.3. The minimum atomic E-state index is -4.58. The molecule has 0 unspecified atom stereocenters. The summed E-state index contributed by atoms with van der Waals surface area (Å²) in [5.74, 6) is -0.674. The number of nitrogens with zero attached hydrogens (tertiary/aromatic N) is 2. The molecule has 1 aromatic carbocycles. The summed E-state index contributed by atoms with van der Waals surface area (Å²) >= 11 is 2.75. The Bertz CT molecular complexity index is 918. The van der Waals surface area contributed by atoms with E-state index in [4.69, 9.17) is 0 Å².